The number of pyridine rings is 1. The minimum absolute atomic E-state index is 0.515. The Balaban J connectivity index is 2.63. The molecule has 2 N–H and O–H groups in total. The monoisotopic (exact) mass is 177 g/mol. The maximum absolute atomic E-state index is 5.84. The Kier molecular flexibility index (Phi) is 1.60. The van der Waals surface area contributed by atoms with Crippen LogP contribution in [0.2, 0.25) is 0 Å². The first-order valence-corrected chi connectivity index (χ1v) is 4.08. The van der Waals surface area contributed by atoms with E-state index in [0.29, 0.717) is 11.6 Å². The third kappa shape index (κ3) is 1.40. The molecule has 0 aromatic carbocycles. The van der Waals surface area contributed by atoms with E-state index in [1.807, 2.05) is 26.0 Å². The van der Waals surface area contributed by atoms with E-state index in [2.05, 4.69) is 9.97 Å². The molecule has 2 rings (SSSR count). The van der Waals surface area contributed by atoms with Crippen LogP contribution >= 0.6 is 0 Å². The van der Waals surface area contributed by atoms with Crippen molar-refractivity contribution in [2.24, 2.45) is 5.73 Å². The van der Waals surface area contributed by atoms with Gasteiger partial charge in [-0.25, -0.2) is 9.97 Å². The molecule has 4 heteroatoms. The predicted octanol–water partition coefficient (Wildman–Crippen LogP) is 1.42. The van der Waals surface area contributed by atoms with Gasteiger partial charge in [0.2, 0.25) is 11.6 Å². The van der Waals surface area contributed by atoms with Crippen LogP contribution in [0.1, 0.15) is 19.7 Å². The summed E-state index contributed by atoms with van der Waals surface area (Å²) >= 11 is 0. The molecule has 4 nitrogen and oxygen atoms in total. The fourth-order valence-electron chi connectivity index (χ4n) is 1.05. The number of hydrogen-bond acceptors (Lipinski definition) is 4. The first kappa shape index (κ1) is 8.19. The first-order chi connectivity index (χ1) is 6.07. The molecule has 0 atom stereocenters. The molecule has 0 saturated carbocycles. The standard InChI is InChI=1S/C9H11N3O/c1-9(2,10)8-12-6-4-3-5-11-7(6)13-8/h3-5H,10H2,1-2H3. The lowest BCUT2D eigenvalue weighted by molar-refractivity contribution is 0.391. The summed E-state index contributed by atoms with van der Waals surface area (Å²) in [6.45, 7) is 3.69. The van der Waals surface area contributed by atoms with Crippen LogP contribution < -0.4 is 5.73 Å². The summed E-state index contributed by atoms with van der Waals surface area (Å²) in [5.41, 5.74) is 6.57. The number of nitrogens with zero attached hydrogens (tertiary/aromatic N) is 2. The molecule has 0 fully saturated rings. The zero-order valence-electron chi connectivity index (χ0n) is 7.61. The van der Waals surface area contributed by atoms with Crippen molar-refractivity contribution in [3.63, 3.8) is 0 Å². The Bertz CT molecular complexity index is 395. The summed E-state index contributed by atoms with van der Waals surface area (Å²) in [4.78, 5) is 8.26. The van der Waals surface area contributed by atoms with Gasteiger partial charge in [-0.15, -0.1) is 0 Å². The third-order valence-corrected chi connectivity index (χ3v) is 1.72. The van der Waals surface area contributed by atoms with Gasteiger partial charge in [0.15, 0.2) is 0 Å². The molecule has 2 aromatic heterocycles. The SMILES string of the molecule is CC(C)(N)c1nc2cccnc2o1. The van der Waals surface area contributed by atoms with E-state index in [0.717, 1.165) is 5.52 Å². The van der Waals surface area contributed by atoms with E-state index >= 15 is 0 Å². The van der Waals surface area contributed by atoms with Gasteiger partial charge in [-0.1, -0.05) is 0 Å². The predicted molar refractivity (Wildman–Crippen MR) is 49.0 cm³/mol. The molecule has 0 aliphatic carbocycles. The maximum Gasteiger partial charge on any atom is 0.247 e. The molecule has 68 valence electrons. The second-order valence-electron chi connectivity index (χ2n) is 3.57. The molecule has 0 saturated heterocycles. The minimum Gasteiger partial charge on any atom is -0.420 e. The van der Waals surface area contributed by atoms with Crippen molar-refractivity contribution >= 4 is 11.2 Å². The second kappa shape index (κ2) is 2.53. The van der Waals surface area contributed by atoms with E-state index in [4.69, 9.17) is 10.2 Å². The van der Waals surface area contributed by atoms with Gasteiger partial charge in [0, 0.05) is 6.20 Å². The summed E-state index contributed by atoms with van der Waals surface area (Å²) in [6.07, 6.45) is 1.67. The average molecular weight is 177 g/mol. The molecule has 0 unspecified atom stereocenters. The summed E-state index contributed by atoms with van der Waals surface area (Å²) in [6, 6.07) is 3.67. The molecule has 0 aliphatic heterocycles. The number of aromatic nitrogens is 2. The molecule has 2 aromatic rings. The Morgan fingerprint density at radius 2 is 2.23 bits per heavy atom. The van der Waals surface area contributed by atoms with Gasteiger partial charge < -0.3 is 10.2 Å². The molecular formula is C9H11N3O. The topological polar surface area (TPSA) is 64.9 Å². The molecule has 0 radical (unpaired) electrons. The van der Waals surface area contributed by atoms with Gasteiger partial charge in [0.1, 0.15) is 5.52 Å². The molecule has 2 heterocycles. The number of fused-ring (bicyclic) bond motifs is 1. The third-order valence-electron chi connectivity index (χ3n) is 1.72. The van der Waals surface area contributed by atoms with Crippen molar-refractivity contribution in [2.45, 2.75) is 19.4 Å². The Morgan fingerprint density at radius 3 is 2.85 bits per heavy atom. The molecule has 0 spiro atoms. The highest BCUT2D eigenvalue weighted by Crippen LogP contribution is 2.20. The lowest BCUT2D eigenvalue weighted by Gasteiger charge is -2.11. The molecule has 0 amide bonds. The van der Waals surface area contributed by atoms with Gasteiger partial charge in [-0.2, -0.15) is 0 Å². The van der Waals surface area contributed by atoms with Crippen molar-refractivity contribution in [3.8, 4) is 0 Å². The Hall–Kier alpha value is -1.42. The van der Waals surface area contributed by atoms with Crippen molar-refractivity contribution in [1.29, 1.82) is 0 Å². The lowest BCUT2D eigenvalue weighted by Crippen LogP contribution is -2.28. The van der Waals surface area contributed by atoms with Crippen LogP contribution in [0.15, 0.2) is 22.7 Å². The van der Waals surface area contributed by atoms with Crippen LogP contribution in [0.5, 0.6) is 0 Å². The maximum atomic E-state index is 5.84. The van der Waals surface area contributed by atoms with Crippen LogP contribution in [0.25, 0.3) is 11.2 Å². The van der Waals surface area contributed by atoms with Gasteiger partial charge in [0.05, 0.1) is 5.54 Å². The van der Waals surface area contributed by atoms with Crippen molar-refractivity contribution in [3.05, 3.63) is 24.2 Å². The fourth-order valence-corrected chi connectivity index (χ4v) is 1.05. The summed E-state index contributed by atoms with van der Waals surface area (Å²) in [7, 11) is 0. The number of rotatable bonds is 1. The molecule has 13 heavy (non-hydrogen) atoms. The largest absolute Gasteiger partial charge is 0.420 e. The van der Waals surface area contributed by atoms with Crippen LogP contribution in [-0.2, 0) is 5.54 Å². The molecular weight excluding hydrogens is 166 g/mol. The minimum atomic E-state index is -0.555. The Morgan fingerprint density at radius 1 is 1.46 bits per heavy atom. The van der Waals surface area contributed by atoms with E-state index < -0.39 is 5.54 Å². The Labute approximate surface area is 75.8 Å². The quantitative estimate of drug-likeness (QED) is 0.715. The summed E-state index contributed by atoms with van der Waals surface area (Å²) in [5, 5.41) is 0. The lowest BCUT2D eigenvalue weighted by atomic mass is 10.1. The highest BCUT2D eigenvalue weighted by molar-refractivity contribution is 5.67. The summed E-state index contributed by atoms with van der Waals surface area (Å²) < 4.78 is 5.39. The van der Waals surface area contributed by atoms with Gasteiger partial charge in [-0.05, 0) is 26.0 Å². The van der Waals surface area contributed by atoms with Crippen LogP contribution in [-0.4, -0.2) is 9.97 Å². The van der Waals surface area contributed by atoms with Gasteiger partial charge in [0.25, 0.3) is 0 Å². The zero-order chi connectivity index (χ0) is 9.47. The van der Waals surface area contributed by atoms with Crippen molar-refractivity contribution in [2.75, 3.05) is 0 Å². The number of nitrogens with two attached hydrogens (primary N) is 1. The van der Waals surface area contributed by atoms with Crippen LogP contribution in [0, 0.1) is 0 Å². The smallest absolute Gasteiger partial charge is 0.247 e. The molecule has 0 aliphatic rings. The van der Waals surface area contributed by atoms with E-state index in [9.17, 15) is 0 Å². The highest BCUT2D eigenvalue weighted by atomic mass is 16.4. The second-order valence-corrected chi connectivity index (χ2v) is 3.57. The molecule has 0 bridgehead atoms. The van der Waals surface area contributed by atoms with Gasteiger partial charge in [-0.3, -0.25) is 0 Å². The van der Waals surface area contributed by atoms with Gasteiger partial charge >= 0.3 is 0 Å². The average Bonchev–Trinajstić information content (AvgIpc) is 2.45. The normalized spacial score (nSPS) is 12.2. The number of oxazole rings is 1. The first-order valence-electron chi connectivity index (χ1n) is 4.08. The highest BCUT2D eigenvalue weighted by Gasteiger charge is 2.21. The van der Waals surface area contributed by atoms with Crippen LogP contribution in [0.4, 0.5) is 0 Å². The fraction of sp³-hybridized carbons (Fsp3) is 0.333. The zero-order valence-corrected chi connectivity index (χ0v) is 7.61. The number of hydrogen-bond donors (Lipinski definition) is 1. The summed E-state index contributed by atoms with van der Waals surface area (Å²) in [5.74, 6) is 0.515. The van der Waals surface area contributed by atoms with Crippen molar-refractivity contribution in [1.82, 2.24) is 9.97 Å². The van der Waals surface area contributed by atoms with E-state index in [1.165, 1.54) is 0 Å². The van der Waals surface area contributed by atoms with E-state index in [-0.39, 0.29) is 0 Å². The van der Waals surface area contributed by atoms with Crippen molar-refractivity contribution < 1.29 is 4.42 Å². The van der Waals surface area contributed by atoms with E-state index in [1.54, 1.807) is 6.20 Å². The van der Waals surface area contributed by atoms with Crippen LogP contribution in [0.3, 0.4) is 0 Å².